The van der Waals surface area contributed by atoms with E-state index in [1.54, 1.807) is 6.26 Å². The van der Waals surface area contributed by atoms with E-state index in [0.29, 0.717) is 0 Å². The fourth-order valence-electron chi connectivity index (χ4n) is 0.334. The van der Waals surface area contributed by atoms with Gasteiger partial charge in [0.25, 0.3) is 0 Å². The van der Waals surface area contributed by atoms with E-state index in [1.165, 1.54) is 0 Å². The maximum absolute atomic E-state index is 4.84. The van der Waals surface area contributed by atoms with Crippen molar-refractivity contribution in [2.45, 2.75) is 0 Å². The van der Waals surface area contributed by atoms with Gasteiger partial charge in [-0.1, -0.05) is 0 Å². The molecule has 0 atom stereocenters. The molecule has 7 heavy (non-hydrogen) atoms. The summed E-state index contributed by atoms with van der Waals surface area (Å²) in [5.41, 5.74) is 0. The summed E-state index contributed by atoms with van der Waals surface area (Å²) in [6.45, 7) is 0. The van der Waals surface area contributed by atoms with Crippen LogP contribution in [0.15, 0.2) is 25.7 Å². The average molecular weight is 172 g/mol. The third-order valence-electron chi connectivity index (χ3n) is 0.616. The van der Waals surface area contributed by atoms with E-state index in [1.807, 2.05) is 12.1 Å². The van der Waals surface area contributed by atoms with Gasteiger partial charge in [-0.3, -0.25) is 0 Å². The van der Waals surface area contributed by atoms with Gasteiger partial charge in [0.15, 0.2) is 0 Å². The Balaban J connectivity index is 2.96. The number of furan rings is 1. The zero-order valence-corrected chi connectivity index (χ0v) is 6.05. The van der Waals surface area contributed by atoms with Crippen LogP contribution in [0.4, 0.5) is 5.88 Å². The Kier molecular flexibility index (Phi) is 1.69. The van der Waals surface area contributed by atoms with Crippen LogP contribution in [-0.2, 0) is 24.6 Å². The van der Waals surface area contributed by atoms with Crippen molar-refractivity contribution in [2.24, 2.45) is 2.87 Å². The molecule has 0 aliphatic carbocycles. The molecule has 34 valence electrons. The molecule has 1 heterocycles. The van der Waals surface area contributed by atoms with Crippen LogP contribution < -0.4 is 0 Å². The normalized spacial score (nSPS) is 8.43. The Morgan fingerprint density at radius 3 is 2.86 bits per heavy atom. The molecule has 0 amide bonds. The molecule has 0 saturated heterocycles. The molecular weight excluding hydrogens is 169 g/mol. The molecule has 0 aliphatic heterocycles. The Hall–Kier alpha value is -0.0369. The van der Waals surface area contributed by atoms with Crippen LogP contribution in [0, 0.1) is 0 Å². The molecule has 0 aliphatic rings. The Morgan fingerprint density at radius 1 is 1.71 bits per heavy atom. The van der Waals surface area contributed by atoms with E-state index in [9.17, 15) is 0 Å². The van der Waals surface area contributed by atoms with Crippen LogP contribution in [0.1, 0.15) is 0 Å². The summed E-state index contributed by atoms with van der Waals surface area (Å²) in [5.74, 6) is 0.721. The van der Waals surface area contributed by atoms with Crippen molar-refractivity contribution in [3.8, 4) is 0 Å². The van der Waals surface area contributed by atoms with E-state index in [2.05, 4.69) is 2.87 Å². The van der Waals surface area contributed by atoms with Crippen molar-refractivity contribution in [1.82, 2.24) is 0 Å². The first kappa shape index (κ1) is 5.11. The first-order chi connectivity index (χ1) is 3.43. The van der Waals surface area contributed by atoms with Crippen LogP contribution in [-0.4, -0.2) is 0 Å². The van der Waals surface area contributed by atoms with Gasteiger partial charge in [-0.25, -0.2) is 0 Å². The zero-order valence-electron chi connectivity index (χ0n) is 3.59. The molecule has 1 rings (SSSR count). The van der Waals surface area contributed by atoms with Crippen molar-refractivity contribution in [2.75, 3.05) is 0 Å². The predicted octanol–water partition coefficient (Wildman–Crippen LogP) is 1.64. The molecule has 0 saturated carbocycles. The van der Waals surface area contributed by atoms with Crippen molar-refractivity contribution in [1.29, 1.82) is 0 Å². The van der Waals surface area contributed by atoms with E-state index in [4.69, 9.17) is 4.42 Å². The van der Waals surface area contributed by atoms with Crippen LogP contribution in [0.2, 0.25) is 0 Å². The van der Waals surface area contributed by atoms with Crippen LogP contribution in [0.3, 0.4) is 0 Å². The summed E-state index contributed by atoms with van der Waals surface area (Å²) in [7, 11) is 0. The van der Waals surface area contributed by atoms with Gasteiger partial charge in [0.1, 0.15) is 0 Å². The molecular formula is C4H3NOZr. The number of hydrogen-bond donors (Lipinski definition) is 0. The second-order valence-electron chi connectivity index (χ2n) is 1.06. The monoisotopic (exact) mass is 171 g/mol. The van der Waals surface area contributed by atoms with E-state index in [-0.39, 0.29) is 0 Å². The van der Waals surface area contributed by atoms with Gasteiger partial charge in [-0.2, -0.15) is 0 Å². The summed E-state index contributed by atoms with van der Waals surface area (Å²) in [6.07, 6.45) is 1.61. The summed E-state index contributed by atoms with van der Waals surface area (Å²) in [6, 6.07) is 3.65. The number of nitrogens with zero attached hydrogens (tertiary/aromatic N) is 1. The molecule has 0 spiro atoms. The molecule has 0 fully saturated rings. The quantitative estimate of drug-likeness (QED) is 0.632. The maximum atomic E-state index is 4.84. The summed E-state index contributed by atoms with van der Waals surface area (Å²) in [4.78, 5) is 0. The average Bonchev–Trinajstić information content (AvgIpc) is 2.14. The summed E-state index contributed by atoms with van der Waals surface area (Å²) in [5, 5.41) is 0. The predicted molar refractivity (Wildman–Crippen MR) is 20.8 cm³/mol. The summed E-state index contributed by atoms with van der Waals surface area (Å²) < 4.78 is 8.69. The van der Waals surface area contributed by atoms with Crippen LogP contribution >= 0.6 is 0 Å². The van der Waals surface area contributed by atoms with Crippen LogP contribution in [0.5, 0.6) is 0 Å². The Bertz CT molecular complexity index is 147. The Morgan fingerprint density at radius 2 is 2.57 bits per heavy atom. The molecule has 0 radical (unpaired) electrons. The zero-order chi connectivity index (χ0) is 5.11. The SMILES string of the molecule is [Zr]=[N]c1ccco1. The standard InChI is InChI=1S/C4H3NO.Zr/c5-4-2-1-3-6-4;/h1-3H;. The van der Waals surface area contributed by atoms with Crippen molar-refractivity contribution >= 4 is 5.88 Å². The van der Waals surface area contributed by atoms with Gasteiger partial charge < -0.3 is 0 Å². The third kappa shape index (κ3) is 1.17. The number of hydrogen-bond acceptors (Lipinski definition) is 2. The molecule has 1 aromatic heterocycles. The van der Waals surface area contributed by atoms with Gasteiger partial charge in [-0.15, -0.1) is 0 Å². The van der Waals surface area contributed by atoms with Crippen molar-refractivity contribution in [3.05, 3.63) is 18.4 Å². The fourth-order valence-corrected chi connectivity index (χ4v) is 0.646. The van der Waals surface area contributed by atoms with Gasteiger partial charge in [-0.05, 0) is 0 Å². The Labute approximate surface area is 56.3 Å². The minimum atomic E-state index is 0.721. The van der Waals surface area contributed by atoms with Gasteiger partial charge in [0.2, 0.25) is 0 Å². The summed E-state index contributed by atoms with van der Waals surface area (Å²) >= 11 is 1.13. The van der Waals surface area contributed by atoms with E-state index < -0.39 is 0 Å². The second kappa shape index (κ2) is 2.32. The first-order valence-electron chi connectivity index (χ1n) is 1.84. The van der Waals surface area contributed by atoms with Gasteiger partial charge >= 0.3 is 56.1 Å². The molecule has 0 N–H and O–H groups in total. The fraction of sp³-hybridized carbons (Fsp3) is 0. The second-order valence-corrected chi connectivity index (χ2v) is 1.61. The topological polar surface area (TPSA) is 25.5 Å². The van der Waals surface area contributed by atoms with Crippen molar-refractivity contribution < 1.29 is 29.0 Å². The van der Waals surface area contributed by atoms with Gasteiger partial charge in [0, 0.05) is 0 Å². The molecule has 0 aromatic carbocycles. The van der Waals surface area contributed by atoms with Crippen LogP contribution in [0.25, 0.3) is 0 Å². The van der Waals surface area contributed by atoms with E-state index in [0.717, 1.165) is 30.4 Å². The molecule has 0 bridgehead atoms. The third-order valence-corrected chi connectivity index (χ3v) is 1.16. The van der Waals surface area contributed by atoms with Crippen molar-refractivity contribution in [3.63, 3.8) is 0 Å². The first-order valence-corrected chi connectivity index (χ1v) is 2.94. The minimum absolute atomic E-state index is 0.721. The molecule has 0 unspecified atom stereocenters. The van der Waals surface area contributed by atoms with E-state index >= 15 is 0 Å². The van der Waals surface area contributed by atoms with Gasteiger partial charge in [0.05, 0.1) is 0 Å². The molecule has 3 heteroatoms. The number of rotatable bonds is 1. The molecule has 1 aromatic rings. The molecule has 2 nitrogen and oxygen atoms in total.